The van der Waals surface area contributed by atoms with Crippen LogP contribution in [0, 0.1) is 6.92 Å². The number of amides is 1. The van der Waals surface area contributed by atoms with Gasteiger partial charge in [-0.15, -0.1) is 0 Å². The number of pyridine rings is 1. The fraction of sp³-hybridized carbons (Fsp3) is 0.500. The molecule has 0 bridgehead atoms. The Hall–Kier alpha value is -1.95. The van der Waals surface area contributed by atoms with Gasteiger partial charge in [-0.1, -0.05) is 13.3 Å². The molecule has 0 fully saturated rings. The molecule has 1 amide bonds. The highest BCUT2D eigenvalue weighted by Crippen LogP contribution is 2.06. The summed E-state index contributed by atoms with van der Waals surface area (Å²) in [7, 11) is 0. The van der Waals surface area contributed by atoms with Gasteiger partial charge in [0.15, 0.2) is 0 Å². The van der Waals surface area contributed by atoms with Crippen LogP contribution in [-0.2, 0) is 4.74 Å². The Morgan fingerprint density at radius 2 is 2.10 bits per heavy atom. The van der Waals surface area contributed by atoms with Crippen molar-refractivity contribution in [3.05, 3.63) is 29.1 Å². The number of hydrogen-bond donors (Lipinski definition) is 2. The molecule has 0 saturated carbocycles. The Bertz CT molecular complexity index is 474. The van der Waals surface area contributed by atoms with Crippen molar-refractivity contribution in [1.29, 1.82) is 0 Å². The zero-order valence-electron chi connectivity index (χ0n) is 11.8. The van der Waals surface area contributed by atoms with Crippen LogP contribution in [0.4, 0.5) is 0 Å². The maximum absolute atomic E-state index is 11.8. The van der Waals surface area contributed by atoms with Crippen LogP contribution in [0.15, 0.2) is 12.1 Å². The van der Waals surface area contributed by atoms with Gasteiger partial charge in [0.25, 0.3) is 5.91 Å². The van der Waals surface area contributed by atoms with Gasteiger partial charge >= 0.3 is 5.97 Å². The maximum Gasteiger partial charge on any atom is 0.337 e. The van der Waals surface area contributed by atoms with Gasteiger partial charge in [0.2, 0.25) is 0 Å². The molecular weight excluding hydrogens is 260 g/mol. The first-order valence-corrected chi connectivity index (χ1v) is 6.63. The van der Waals surface area contributed by atoms with Crippen LogP contribution in [0.25, 0.3) is 0 Å². The molecule has 0 aromatic carbocycles. The molecule has 0 spiro atoms. The van der Waals surface area contributed by atoms with Crippen molar-refractivity contribution in [3.63, 3.8) is 0 Å². The van der Waals surface area contributed by atoms with Crippen molar-refractivity contribution >= 4 is 11.9 Å². The van der Waals surface area contributed by atoms with Crippen LogP contribution in [0.2, 0.25) is 0 Å². The van der Waals surface area contributed by atoms with E-state index in [2.05, 4.69) is 17.2 Å². The number of unbranched alkanes of at least 4 members (excludes halogenated alkanes) is 1. The van der Waals surface area contributed by atoms with E-state index in [0.29, 0.717) is 25.5 Å². The van der Waals surface area contributed by atoms with Crippen LogP contribution in [-0.4, -0.2) is 41.7 Å². The number of carboxylic acid groups (broad SMARTS) is 1. The largest absolute Gasteiger partial charge is 0.478 e. The molecule has 0 atom stereocenters. The second kappa shape index (κ2) is 8.27. The van der Waals surface area contributed by atoms with E-state index in [-0.39, 0.29) is 17.2 Å². The van der Waals surface area contributed by atoms with E-state index in [1.165, 1.54) is 12.1 Å². The standard InChI is InChI=1S/C14H20N2O4/c1-3-4-8-20-9-7-15-13(17)12-6-5-11(14(18)19)10(2)16-12/h5-6H,3-4,7-9H2,1-2H3,(H,15,17)(H,18,19). The van der Waals surface area contributed by atoms with Crippen molar-refractivity contribution in [2.75, 3.05) is 19.8 Å². The summed E-state index contributed by atoms with van der Waals surface area (Å²) in [5, 5.41) is 11.6. The lowest BCUT2D eigenvalue weighted by Gasteiger charge is -2.07. The van der Waals surface area contributed by atoms with Gasteiger partial charge in [-0.2, -0.15) is 0 Å². The Balaban J connectivity index is 2.44. The van der Waals surface area contributed by atoms with E-state index in [9.17, 15) is 9.59 Å². The highest BCUT2D eigenvalue weighted by Gasteiger charge is 2.12. The summed E-state index contributed by atoms with van der Waals surface area (Å²) in [4.78, 5) is 26.6. The zero-order chi connectivity index (χ0) is 15.0. The van der Waals surface area contributed by atoms with Crippen LogP contribution >= 0.6 is 0 Å². The molecule has 20 heavy (non-hydrogen) atoms. The van der Waals surface area contributed by atoms with Crippen molar-refractivity contribution < 1.29 is 19.4 Å². The van der Waals surface area contributed by atoms with E-state index in [1.807, 2.05) is 0 Å². The summed E-state index contributed by atoms with van der Waals surface area (Å²) >= 11 is 0. The molecule has 1 rings (SSSR count). The average Bonchev–Trinajstić information content (AvgIpc) is 2.41. The lowest BCUT2D eigenvalue weighted by molar-refractivity contribution is 0.0694. The van der Waals surface area contributed by atoms with Crippen molar-refractivity contribution in [3.8, 4) is 0 Å². The third-order valence-corrected chi connectivity index (χ3v) is 2.72. The summed E-state index contributed by atoms with van der Waals surface area (Å²) in [5.41, 5.74) is 0.634. The van der Waals surface area contributed by atoms with Crippen LogP contribution in [0.3, 0.4) is 0 Å². The average molecular weight is 280 g/mol. The number of carbonyl (C=O) groups is 2. The third-order valence-electron chi connectivity index (χ3n) is 2.72. The van der Waals surface area contributed by atoms with Crippen LogP contribution < -0.4 is 5.32 Å². The fourth-order valence-corrected chi connectivity index (χ4v) is 1.59. The Morgan fingerprint density at radius 1 is 1.35 bits per heavy atom. The Kier molecular flexibility index (Phi) is 6.66. The molecule has 0 radical (unpaired) electrons. The molecule has 1 aromatic heterocycles. The van der Waals surface area contributed by atoms with Crippen molar-refractivity contribution in [2.24, 2.45) is 0 Å². The highest BCUT2D eigenvalue weighted by molar-refractivity contribution is 5.94. The number of carbonyl (C=O) groups excluding carboxylic acids is 1. The highest BCUT2D eigenvalue weighted by atomic mass is 16.5. The lowest BCUT2D eigenvalue weighted by atomic mass is 10.2. The minimum Gasteiger partial charge on any atom is -0.478 e. The van der Waals surface area contributed by atoms with Crippen molar-refractivity contribution in [1.82, 2.24) is 10.3 Å². The summed E-state index contributed by atoms with van der Waals surface area (Å²) in [6.07, 6.45) is 2.08. The van der Waals surface area contributed by atoms with Crippen molar-refractivity contribution in [2.45, 2.75) is 26.7 Å². The van der Waals surface area contributed by atoms with Gasteiger partial charge in [-0.25, -0.2) is 9.78 Å². The van der Waals surface area contributed by atoms with E-state index < -0.39 is 5.97 Å². The number of aryl methyl sites for hydroxylation is 1. The molecule has 110 valence electrons. The van der Waals surface area contributed by atoms with Gasteiger partial charge < -0.3 is 15.2 Å². The summed E-state index contributed by atoms with van der Waals surface area (Å²) in [6, 6.07) is 2.79. The third kappa shape index (κ3) is 4.97. The predicted octanol–water partition coefficient (Wildman–Crippen LogP) is 1.63. The monoisotopic (exact) mass is 280 g/mol. The van der Waals surface area contributed by atoms with Gasteiger partial charge in [0, 0.05) is 13.2 Å². The normalized spacial score (nSPS) is 10.3. The maximum atomic E-state index is 11.8. The molecule has 2 N–H and O–H groups in total. The predicted molar refractivity (Wildman–Crippen MR) is 74.0 cm³/mol. The molecule has 1 aromatic rings. The molecule has 0 saturated heterocycles. The minimum atomic E-state index is -1.05. The Morgan fingerprint density at radius 3 is 2.70 bits per heavy atom. The first kappa shape index (κ1) is 16.1. The SMILES string of the molecule is CCCCOCCNC(=O)c1ccc(C(=O)O)c(C)n1. The van der Waals surface area contributed by atoms with Gasteiger partial charge in [0.1, 0.15) is 5.69 Å². The first-order chi connectivity index (χ1) is 9.56. The quantitative estimate of drug-likeness (QED) is 0.707. The molecule has 0 unspecified atom stereocenters. The van der Waals surface area contributed by atoms with Gasteiger partial charge in [0.05, 0.1) is 17.9 Å². The number of nitrogens with one attached hydrogen (secondary N) is 1. The number of hydrogen-bond acceptors (Lipinski definition) is 4. The molecule has 6 heteroatoms. The Labute approximate surface area is 118 Å². The molecule has 0 aliphatic heterocycles. The van der Waals surface area contributed by atoms with E-state index in [4.69, 9.17) is 9.84 Å². The number of aromatic nitrogens is 1. The number of rotatable bonds is 8. The summed E-state index contributed by atoms with van der Waals surface area (Å²) < 4.78 is 5.32. The molecule has 0 aliphatic rings. The zero-order valence-corrected chi connectivity index (χ0v) is 11.8. The minimum absolute atomic E-state index is 0.101. The summed E-state index contributed by atoms with van der Waals surface area (Å²) in [5.74, 6) is -1.38. The van der Waals surface area contributed by atoms with E-state index in [0.717, 1.165) is 12.8 Å². The van der Waals surface area contributed by atoms with Gasteiger partial charge in [-0.3, -0.25) is 4.79 Å². The second-order valence-electron chi connectivity index (χ2n) is 4.36. The van der Waals surface area contributed by atoms with E-state index >= 15 is 0 Å². The van der Waals surface area contributed by atoms with Crippen LogP contribution in [0.5, 0.6) is 0 Å². The summed E-state index contributed by atoms with van der Waals surface area (Å²) in [6.45, 7) is 5.20. The lowest BCUT2D eigenvalue weighted by Crippen LogP contribution is -2.28. The molecule has 1 heterocycles. The first-order valence-electron chi connectivity index (χ1n) is 6.63. The number of ether oxygens (including phenoxy) is 1. The smallest absolute Gasteiger partial charge is 0.337 e. The number of carboxylic acids is 1. The molecular formula is C14H20N2O4. The topological polar surface area (TPSA) is 88.5 Å². The second-order valence-corrected chi connectivity index (χ2v) is 4.36. The molecule has 6 nitrogen and oxygen atoms in total. The van der Waals surface area contributed by atoms with Crippen LogP contribution in [0.1, 0.15) is 46.3 Å². The van der Waals surface area contributed by atoms with Gasteiger partial charge in [-0.05, 0) is 25.5 Å². The fourth-order valence-electron chi connectivity index (χ4n) is 1.59. The molecule has 0 aliphatic carbocycles. The number of aromatic carboxylic acids is 1. The van der Waals surface area contributed by atoms with E-state index in [1.54, 1.807) is 6.92 Å². The number of nitrogens with zero attached hydrogens (tertiary/aromatic N) is 1.